The average Bonchev–Trinajstić information content (AvgIpc) is 2.85. The molecule has 1 aromatic carbocycles. The van der Waals surface area contributed by atoms with Crippen molar-refractivity contribution in [1.29, 1.82) is 0 Å². The Bertz CT molecular complexity index is 915. The first-order valence-corrected chi connectivity index (χ1v) is 8.17. The number of allylic oxidation sites excluding steroid dienone is 3. The van der Waals surface area contributed by atoms with Gasteiger partial charge in [-0.05, 0) is 68.0 Å². The summed E-state index contributed by atoms with van der Waals surface area (Å²) in [6.45, 7) is 9.45. The first-order valence-electron chi connectivity index (χ1n) is 8.17. The Kier molecular flexibility index (Phi) is 4.13. The molecule has 3 rings (SSSR count). The van der Waals surface area contributed by atoms with Gasteiger partial charge in [-0.15, -0.1) is 0 Å². The van der Waals surface area contributed by atoms with Gasteiger partial charge in [-0.3, -0.25) is 4.79 Å². The zero-order valence-electron chi connectivity index (χ0n) is 14.5. The molecular weight excluding hydrogens is 327 g/mol. The molecule has 1 atom stereocenters. The van der Waals surface area contributed by atoms with E-state index in [1.807, 2.05) is 6.92 Å². The number of hydrogen-bond acceptors (Lipinski definition) is 1. The van der Waals surface area contributed by atoms with Gasteiger partial charge in [0.05, 0.1) is 5.56 Å². The molecule has 1 aliphatic carbocycles. The summed E-state index contributed by atoms with van der Waals surface area (Å²) >= 11 is 0. The zero-order valence-corrected chi connectivity index (χ0v) is 14.5. The second-order valence-corrected chi connectivity index (χ2v) is 6.86. The standard InChI is InChI=1S/C20H20F3NO/c1-10(2)13-7-16(11(3)18(25)8-13)19-12(4)15-9-14(20(21,22)23)5-6-17(15)24-19/h5-6,9,13,24H,1,7-8H2,2-4H3. The van der Waals surface area contributed by atoms with Gasteiger partial charge in [-0.2, -0.15) is 13.2 Å². The topological polar surface area (TPSA) is 32.9 Å². The molecule has 132 valence electrons. The quantitative estimate of drug-likeness (QED) is 0.682. The molecule has 5 heteroatoms. The summed E-state index contributed by atoms with van der Waals surface area (Å²) < 4.78 is 39.0. The molecule has 0 spiro atoms. The largest absolute Gasteiger partial charge is 0.416 e. The first-order chi connectivity index (χ1) is 11.6. The number of rotatable bonds is 2. The number of ketones is 1. The maximum absolute atomic E-state index is 13.0. The van der Waals surface area contributed by atoms with Crippen molar-refractivity contribution in [1.82, 2.24) is 4.98 Å². The number of fused-ring (bicyclic) bond motifs is 1. The number of carbonyl (C=O) groups is 1. The van der Waals surface area contributed by atoms with Crippen LogP contribution >= 0.6 is 0 Å². The van der Waals surface area contributed by atoms with Gasteiger partial charge < -0.3 is 4.98 Å². The van der Waals surface area contributed by atoms with Gasteiger partial charge in [0.2, 0.25) is 0 Å². The van der Waals surface area contributed by atoms with E-state index < -0.39 is 11.7 Å². The van der Waals surface area contributed by atoms with Gasteiger partial charge in [0.25, 0.3) is 0 Å². The fourth-order valence-corrected chi connectivity index (χ4v) is 3.46. The molecule has 25 heavy (non-hydrogen) atoms. The van der Waals surface area contributed by atoms with Crippen molar-refractivity contribution < 1.29 is 18.0 Å². The second kappa shape index (κ2) is 5.90. The molecule has 0 bridgehead atoms. The predicted octanol–water partition coefficient (Wildman–Crippen LogP) is 5.82. The number of halogens is 3. The van der Waals surface area contributed by atoms with E-state index in [0.29, 0.717) is 29.3 Å². The molecule has 2 nitrogen and oxygen atoms in total. The minimum absolute atomic E-state index is 0.0720. The van der Waals surface area contributed by atoms with Crippen LogP contribution in [0.2, 0.25) is 0 Å². The molecule has 0 radical (unpaired) electrons. The van der Waals surface area contributed by atoms with Crippen molar-refractivity contribution >= 4 is 22.3 Å². The van der Waals surface area contributed by atoms with E-state index in [9.17, 15) is 18.0 Å². The maximum atomic E-state index is 13.0. The minimum Gasteiger partial charge on any atom is -0.355 e. The monoisotopic (exact) mass is 347 g/mol. The third-order valence-corrected chi connectivity index (χ3v) is 5.14. The second-order valence-electron chi connectivity index (χ2n) is 6.86. The third-order valence-electron chi connectivity index (χ3n) is 5.14. The van der Waals surface area contributed by atoms with Crippen LogP contribution in [0.3, 0.4) is 0 Å². The van der Waals surface area contributed by atoms with Crippen molar-refractivity contribution in [3.05, 3.63) is 52.7 Å². The van der Waals surface area contributed by atoms with Gasteiger partial charge in [0.15, 0.2) is 5.78 Å². The van der Waals surface area contributed by atoms with Crippen LogP contribution in [0.1, 0.15) is 43.5 Å². The molecule has 0 aliphatic heterocycles. The Balaban J connectivity index is 2.15. The molecule has 1 N–H and O–H groups in total. The maximum Gasteiger partial charge on any atom is 0.416 e. The van der Waals surface area contributed by atoms with Crippen LogP contribution in [0.25, 0.3) is 16.5 Å². The number of nitrogens with one attached hydrogen (secondary N) is 1. The minimum atomic E-state index is -4.38. The number of Topliss-reactive ketones (excluding diaryl/α,β-unsaturated/α-hetero) is 1. The highest BCUT2D eigenvalue weighted by Gasteiger charge is 2.32. The summed E-state index contributed by atoms with van der Waals surface area (Å²) in [7, 11) is 0. The summed E-state index contributed by atoms with van der Waals surface area (Å²) in [6.07, 6.45) is -3.26. The highest BCUT2D eigenvalue weighted by Crippen LogP contribution is 2.40. The van der Waals surface area contributed by atoms with Crippen molar-refractivity contribution in [3.8, 4) is 0 Å². The molecule has 1 unspecified atom stereocenters. The first kappa shape index (κ1) is 17.5. The Labute approximate surface area is 144 Å². The van der Waals surface area contributed by atoms with Crippen molar-refractivity contribution in [2.24, 2.45) is 5.92 Å². The van der Waals surface area contributed by atoms with E-state index in [-0.39, 0.29) is 11.7 Å². The Morgan fingerprint density at radius 1 is 1.24 bits per heavy atom. The summed E-state index contributed by atoms with van der Waals surface area (Å²) in [5.74, 6) is 0.144. The number of hydrogen-bond donors (Lipinski definition) is 1. The summed E-state index contributed by atoms with van der Waals surface area (Å²) in [5.41, 5.74) is 3.99. The molecule has 0 fully saturated rings. The van der Waals surface area contributed by atoms with Crippen LogP contribution in [-0.4, -0.2) is 10.8 Å². The van der Waals surface area contributed by atoms with Gasteiger partial charge in [-0.25, -0.2) is 0 Å². The molecule has 0 saturated heterocycles. The molecule has 2 aromatic rings. The number of benzene rings is 1. The highest BCUT2D eigenvalue weighted by molar-refractivity contribution is 6.05. The Hall–Kier alpha value is -2.30. The number of alkyl halides is 3. The smallest absolute Gasteiger partial charge is 0.355 e. The lowest BCUT2D eigenvalue weighted by Gasteiger charge is -2.25. The average molecular weight is 347 g/mol. The lowest BCUT2D eigenvalue weighted by atomic mass is 9.79. The van der Waals surface area contributed by atoms with Crippen LogP contribution in [0, 0.1) is 12.8 Å². The molecule has 0 saturated carbocycles. The number of carbonyl (C=O) groups excluding carboxylic acids is 1. The summed E-state index contributed by atoms with van der Waals surface area (Å²) in [5, 5.41) is 0.537. The number of aromatic amines is 1. The Morgan fingerprint density at radius 3 is 2.52 bits per heavy atom. The van der Waals surface area contributed by atoms with E-state index in [0.717, 1.165) is 28.5 Å². The lowest BCUT2D eigenvalue weighted by molar-refractivity contribution is -0.137. The third kappa shape index (κ3) is 3.03. The van der Waals surface area contributed by atoms with Gasteiger partial charge >= 0.3 is 6.18 Å². The molecular formula is C20H20F3NO. The molecule has 0 amide bonds. The van der Waals surface area contributed by atoms with Gasteiger partial charge in [0, 0.05) is 23.0 Å². The normalized spacial score (nSPS) is 19.0. The zero-order chi connectivity index (χ0) is 18.5. The van der Waals surface area contributed by atoms with E-state index in [2.05, 4.69) is 11.6 Å². The van der Waals surface area contributed by atoms with E-state index in [4.69, 9.17) is 0 Å². The summed E-state index contributed by atoms with van der Waals surface area (Å²) in [4.78, 5) is 15.6. The van der Waals surface area contributed by atoms with E-state index in [1.165, 1.54) is 12.1 Å². The van der Waals surface area contributed by atoms with Crippen LogP contribution in [0.5, 0.6) is 0 Å². The van der Waals surface area contributed by atoms with E-state index in [1.54, 1.807) is 13.8 Å². The van der Waals surface area contributed by atoms with Crippen molar-refractivity contribution in [3.63, 3.8) is 0 Å². The molecule has 1 aromatic heterocycles. The van der Waals surface area contributed by atoms with E-state index >= 15 is 0 Å². The Morgan fingerprint density at radius 2 is 1.92 bits per heavy atom. The predicted molar refractivity (Wildman–Crippen MR) is 93.2 cm³/mol. The number of aryl methyl sites for hydroxylation is 1. The van der Waals surface area contributed by atoms with Crippen molar-refractivity contribution in [2.45, 2.75) is 39.8 Å². The molecule has 1 heterocycles. The molecule has 1 aliphatic rings. The fourth-order valence-electron chi connectivity index (χ4n) is 3.46. The fraction of sp³-hybridized carbons (Fsp3) is 0.350. The summed E-state index contributed by atoms with van der Waals surface area (Å²) in [6, 6.07) is 3.69. The van der Waals surface area contributed by atoms with Crippen LogP contribution < -0.4 is 0 Å². The van der Waals surface area contributed by atoms with Gasteiger partial charge in [0.1, 0.15) is 0 Å². The SMILES string of the molecule is C=C(C)C1CC(=O)C(C)=C(c2[nH]c3ccc(C(F)(F)F)cc3c2C)C1. The number of aromatic nitrogens is 1. The highest BCUT2D eigenvalue weighted by atomic mass is 19.4. The van der Waals surface area contributed by atoms with Crippen molar-refractivity contribution in [2.75, 3.05) is 0 Å². The van der Waals surface area contributed by atoms with Gasteiger partial charge in [-0.1, -0.05) is 12.2 Å². The number of H-pyrrole nitrogens is 1. The van der Waals surface area contributed by atoms with Crippen LogP contribution in [0.4, 0.5) is 13.2 Å². The van der Waals surface area contributed by atoms with Crippen LogP contribution in [-0.2, 0) is 11.0 Å². The lowest BCUT2D eigenvalue weighted by Crippen LogP contribution is -2.18. The van der Waals surface area contributed by atoms with Crippen LogP contribution in [0.15, 0.2) is 35.9 Å².